The second kappa shape index (κ2) is 6.95. The van der Waals surface area contributed by atoms with Crippen LogP contribution in [0.3, 0.4) is 0 Å². The predicted octanol–water partition coefficient (Wildman–Crippen LogP) is 0.892. The van der Waals surface area contributed by atoms with E-state index < -0.39 is 5.41 Å². The number of aliphatic hydroxyl groups is 2. The van der Waals surface area contributed by atoms with Crippen LogP contribution in [0.5, 0.6) is 0 Å². The summed E-state index contributed by atoms with van der Waals surface area (Å²) in [5.41, 5.74) is 0.259. The molecule has 0 saturated heterocycles. The van der Waals surface area contributed by atoms with E-state index in [0.29, 0.717) is 13.0 Å². The van der Waals surface area contributed by atoms with Gasteiger partial charge in [0.15, 0.2) is 0 Å². The molecule has 0 aliphatic heterocycles. The molecule has 0 heterocycles. The summed E-state index contributed by atoms with van der Waals surface area (Å²) >= 11 is 0. The van der Waals surface area contributed by atoms with Crippen molar-refractivity contribution >= 4 is 0 Å². The van der Waals surface area contributed by atoms with Gasteiger partial charge in [0, 0.05) is 5.41 Å². The molecule has 0 bridgehead atoms. The van der Waals surface area contributed by atoms with E-state index in [-0.39, 0.29) is 19.8 Å². The zero-order valence-corrected chi connectivity index (χ0v) is 8.95. The summed E-state index contributed by atoms with van der Waals surface area (Å²) in [6, 6.07) is 0. The molecule has 0 aliphatic carbocycles. The van der Waals surface area contributed by atoms with Crippen molar-refractivity contribution in [1.29, 1.82) is 0 Å². The van der Waals surface area contributed by atoms with Gasteiger partial charge in [-0.25, -0.2) is 9.78 Å². The van der Waals surface area contributed by atoms with E-state index >= 15 is 0 Å². The molecule has 2 N–H and O–H groups in total. The molecule has 0 spiro atoms. The first kappa shape index (κ1) is 13.6. The van der Waals surface area contributed by atoms with E-state index in [1.54, 1.807) is 0 Å². The zero-order chi connectivity index (χ0) is 11.0. The lowest BCUT2D eigenvalue weighted by atomic mass is 9.88. The summed E-state index contributed by atoms with van der Waals surface area (Å²) in [6.45, 7) is 7.64. The summed E-state index contributed by atoms with van der Waals surface area (Å²) in [5, 5.41) is 18.1. The van der Waals surface area contributed by atoms with Crippen LogP contribution >= 0.6 is 0 Å². The van der Waals surface area contributed by atoms with Crippen molar-refractivity contribution in [3.05, 3.63) is 12.2 Å². The summed E-state index contributed by atoms with van der Waals surface area (Å²) < 4.78 is 0. The minimum atomic E-state index is -0.602. The van der Waals surface area contributed by atoms with Gasteiger partial charge in [-0.1, -0.05) is 19.1 Å². The lowest BCUT2D eigenvalue weighted by Crippen LogP contribution is -2.34. The average molecular weight is 204 g/mol. The minimum absolute atomic E-state index is 0.115. The third kappa shape index (κ3) is 4.72. The average Bonchev–Trinajstić information content (AvgIpc) is 2.19. The molecular formula is C10H20O4. The van der Waals surface area contributed by atoms with E-state index in [2.05, 4.69) is 6.58 Å². The monoisotopic (exact) mass is 204 g/mol. The third-order valence-electron chi connectivity index (χ3n) is 2.17. The van der Waals surface area contributed by atoms with Gasteiger partial charge < -0.3 is 10.2 Å². The van der Waals surface area contributed by atoms with Gasteiger partial charge in [-0.15, -0.1) is 0 Å². The Bertz CT molecular complexity index is 155. The van der Waals surface area contributed by atoms with E-state index in [9.17, 15) is 0 Å². The van der Waals surface area contributed by atoms with E-state index in [1.165, 1.54) is 0 Å². The van der Waals surface area contributed by atoms with Crippen LogP contribution in [0.4, 0.5) is 0 Å². The molecule has 0 aromatic rings. The molecule has 0 saturated carbocycles. The maximum Gasteiger partial charge on any atom is 0.103 e. The molecule has 4 heteroatoms. The molecular weight excluding hydrogens is 184 g/mol. The Labute approximate surface area is 85.1 Å². The Kier molecular flexibility index (Phi) is 6.74. The minimum Gasteiger partial charge on any atom is -0.396 e. The first-order valence-electron chi connectivity index (χ1n) is 4.70. The summed E-state index contributed by atoms with van der Waals surface area (Å²) in [6.07, 6.45) is 0.635. The molecule has 14 heavy (non-hydrogen) atoms. The van der Waals surface area contributed by atoms with Crippen molar-refractivity contribution < 1.29 is 20.0 Å². The molecule has 0 rings (SSSR count). The third-order valence-corrected chi connectivity index (χ3v) is 2.17. The van der Waals surface area contributed by atoms with Gasteiger partial charge >= 0.3 is 0 Å². The molecule has 84 valence electrons. The van der Waals surface area contributed by atoms with Crippen molar-refractivity contribution in [1.82, 2.24) is 0 Å². The number of aliphatic hydroxyl groups excluding tert-OH is 2. The zero-order valence-electron chi connectivity index (χ0n) is 8.95. The molecule has 0 unspecified atom stereocenters. The van der Waals surface area contributed by atoms with Crippen LogP contribution in [0.2, 0.25) is 0 Å². The largest absolute Gasteiger partial charge is 0.396 e. The number of rotatable bonds is 8. The fraction of sp³-hybridized carbons (Fsp3) is 0.800. The van der Waals surface area contributed by atoms with E-state index in [0.717, 1.165) is 5.57 Å². The Morgan fingerprint density at radius 3 is 2.21 bits per heavy atom. The maximum atomic E-state index is 9.07. The van der Waals surface area contributed by atoms with Gasteiger partial charge in [0.25, 0.3) is 0 Å². The highest BCUT2D eigenvalue weighted by molar-refractivity contribution is 4.86. The Morgan fingerprint density at radius 1 is 1.29 bits per heavy atom. The Morgan fingerprint density at radius 2 is 1.86 bits per heavy atom. The molecule has 0 atom stereocenters. The second-order valence-electron chi connectivity index (χ2n) is 3.65. The highest BCUT2D eigenvalue weighted by atomic mass is 17.2. The van der Waals surface area contributed by atoms with Crippen molar-refractivity contribution in [3.8, 4) is 0 Å². The van der Waals surface area contributed by atoms with Crippen LogP contribution in [0.15, 0.2) is 12.2 Å². The molecule has 0 radical (unpaired) electrons. The molecule has 0 aliphatic rings. The molecule has 0 amide bonds. The topological polar surface area (TPSA) is 58.9 Å². The maximum absolute atomic E-state index is 9.07. The Hall–Kier alpha value is -0.420. The molecule has 0 fully saturated rings. The van der Waals surface area contributed by atoms with Crippen molar-refractivity contribution in [2.45, 2.75) is 20.3 Å². The van der Waals surface area contributed by atoms with Crippen LogP contribution in [-0.4, -0.2) is 36.6 Å². The quantitative estimate of drug-likeness (QED) is 0.267. The summed E-state index contributed by atoms with van der Waals surface area (Å²) in [7, 11) is 0. The Balaban J connectivity index is 3.77. The van der Waals surface area contributed by atoms with Gasteiger partial charge in [0.05, 0.1) is 19.8 Å². The smallest absolute Gasteiger partial charge is 0.103 e. The van der Waals surface area contributed by atoms with Crippen LogP contribution in [0, 0.1) is 5.41 Å². The normalized spacial score (nSPS) is 11.7. The lowest BCUT2D eigenvalue weighted by molar-refractivity contribution is -0.308. The summed E-state index contributed by atoms with van der Waals surface area (Å²) in [5.74, 6) is 0. The molecule has 4 nitrogen and oxygen atoms in total. The SMILES string of the molecule is C=C(C)COOCC(CC)(CO)CO. The highest BCUT2D eigenvalue weighted by Gasteiger charge is 2.27. The standard InChI is InChI=1S/C10H20O4/c1-4-10(6-11,7-12)8-14-13-5-9(2)3/h11-12H,2,4-8H2,1,3H3. The van der Waals surface area contributed by atoms with Crippen molar-refractivity contribution in [2.75, 3.05) is 26.4 Å². The lowest BCUT2D eigenvalue weighted by Gasteiger charge is -2.26. The van der Waals surface area contributed by atoms with E-state index in [4.69, 9.17) is 20.0 Å². The first-order valence-corrected chi connectivity index (χ1v) is 4.70. The fourth-order valence-electron chi connectivity index (χ4n) is 0.776. The molecule has 0 aromatic heterocycles. The van der Waals surface area contributed by atoms with E-state index in [1.807, 2.05) is 13.8 Å². The number of hydrogen-bond donors (Lipinski definition) is 2. The van der Waals surface area contributed by atoms with Crippen LogP contribution in [-0.2, 0) is 9.78 Å². The van der Waals surface area contributed by atoms with Gasteiger partial charge in [0.1, 0.15) is 6.61 Å². The number of hydrogen-bond acceptors (Lipinski definition) is 4. The van der Waals surface area contributed by atoms with Gasteiger partial charge in [-0.3, -0.25) is 0 Å². The fourth-order valence-corrected chi connectivity index (χ4v) is 0.776. The van der Waals surface area contributed by atoms with Crippen LogP contribution in [0.25, 0.3) is 0 Å². The van der Waals surface area contributed by atoms with Gasteiger partial charge in [-0.05, 0) is 13.3 Å². The second-order valence-corrected chi connectivity index (χ2v) is 3.65. The first-order chi connectivity index (χ1) is 6.60. The molecule has 0 aromatic carbocycles. The summed E-state index contributed by atoms with van der Waals surface area (Å²) in [4.78, 5) is 9.74. The van der Waals surface area contributed by atoms with Crippen LogP contribution in [0.1, 0.15) is 20.3 Å². The van der Waals surface area contributed by atoms with Gasteiger partial charge in [-0.2, -0.15) is 0 Å². The predicted molar refractivity (Wildman–Crippen MR) is 53.6 cm³/mol. The van der Waals surface area contributed by atoms with Gasteiger partial charge in [0.2, 0.25) is 0 Å². The van der Waals surface area contributed by atoms with Crippen LogP contribution < -0.4 is 0 Å². The highest BCUT2D eigenvalue weighted by Crippen LogP contribution is 2.20. The van der Waals surface area contributed by atoms with Crippen molar-refractivity contribution in [2.24, 2.45) is 5.41 Å². The van der Waals surface area contributed by atoms with Crippen molar-refractivity contribution in [3.63, 3.8) is 0 Å².